The van der Waals surface area contributed by atoms with Crippen molar-refractivity contribution < 1.29 is 0 Å². The SMILES string of the molecule is CNc1cccc(CNc2cccc(Cl)c2C)c1. The van der Waals surface area contributed by atoms with Crippen molar-refractivity contribution in [3.8, 4) is 0 Å². The molecule has 2 rings (SSSR count). The minimum Gasteiger partial charge on any atom is -0.388 e. The van der Waals surface area contributed by atoms with Crippen molar-refractivity contribution in [2.24, 2.45) is 0 Å². The molecule has 0 aromatic heterocycles. The second-order valence-corrected chi connectivity index (χ2v) is 4.62. The van der Waals surface area contributed by atoms with Crippen LogP contribution in [-0.4, -0.2) is 7.05 Å². The van der Waals surface area contributed by atoms with E-state index in [0.29, 0.717) is 0 Å². The molecular formula is C15H17ClN2. The van der Waals surface area contributed by atoms with Crippen LogP contribution in [0.25, 0.3) is 0 Å². The number of rotatable bonds is 4. The summed E-state index contributed by atoms with van der Waals surface area (Å²) in [5.41, 5.74) is 4.53. The predicted molar refractivity (Wildman–Crippen MR) is 79.5 cm³/mol. The Kier molecular flexibility index (Phi) is 4.11. The first-order chi connectivity index (χ1) is 8.70. The lowest BCUT2D eigenvalue weighted by Gasteiger charge is -2.11. The Labute approximate surface area is 113 Å². The normalized spacial score (nSPS) is 10.2. The Morgan fingerprint density at radius 1 is 1.11 bits per heavy atom. The molecule has 0 aliphatic rings. The zero-order valence-electron chi connectivity index (χ0n) is 10.6. The Hall–Kier alpha value is -1.67. The standard InChI is InChI=1S/C15H17ClN2/c1-11-14(16)7-4-8-15(11)18-10-12-5-3-6-13(9-12)17-2/h3-9,17-18H,10H2,1-2H3. The van der Waals surface area contributed by atoms with Gasteiger partial charge in [-0.25, -0.2) is 0 Å². The Morgan fingerprint density at radius 3 is 2.67 bits per heavy atom. The molecule has 2 N–H and O–H groups in total. The van der Waals surface area contributed by atoms with Crippen LogP contribution in [-0.2, 0) is 6.54 Å². The first kappa shape index (κ1) is 12.8. The molecule has 0 fully saturated rings. The molecule has 0 heterocycles. The maximum absolute atomic E-state index is 6.09. The van der Waals surface area contributed by atoms with Gasteiger partial charge in [-0.1, -0.05) is 29.8 Å². The van der Waals surface area contributed by atoms with Crippen molar-refractivity contribution in [1.29, 1.82) is 0 Å². The first-order valence-corrected chi connectivity index (χ1v) is 6.34. The molecule has 0 unspecified atom stereocenters. The molecule has 0 radical (unpaired) electrons. The average Bonchev–Trinajstić information content (AvgIpc) is 2.41. The molecule has 2 nitrogen and oxygen atoms in total. The van der Waals surface area contributed by atoms with Gasteiger partial charge in [0.15, 0.2) is 0 Å². The molecule has 0 aliphatic carbocycles. The van der Waals surface area contributed by atoms with E-state index >= 15 is 0 Å². The number of hydrogen-bond donors (Lipinski definition) is 2. The van der Waals surface area contributed by atoms with Gasteiger partial charge in [0.1, 0.15) is 0 Å². The van der Waals surface area contributed by atoms with Crippen LogP contribution in [0.3, 0.4) is 0 Å². The fraction of sp³-hybridized carbons (Fsp3) is 0.200. The lowest BCUT2D eigenvalue weighted by Crippen LogP contribution is -2.01. The second-order valence-electron chi connectivity index (χ2n) is 4.22. The van der Waals surface area contributed by atoms with Gasteiger partial charge in [-0.3, -0.25) is 0 Å². The van der Waals surface area contributed by atoms with E-state index < -0.39 is 0 Å². The molecule has 94 valence electrons. The summed E-state index contributed by atoms with van der Waals surface area (Å²) in [6, 6.07) is 14.2. The highest BCUT2D eigenvalue weighted by Crippen LogP contribution is 2.23. The summed E-state index contributed by atoms with van der Waals surface area (Å²) in [6.45, 7) is 2.81. The molecule has 0 amide bonds. The highest BCUT2D eigenvalue weighted by molar-refractivity contribution is 6.31. The highest BCUT2D eigenvalue weighted by Gasteiger charge is 2.01. The molecule has 18 heavy (non-hydrogen) atoms. The average molecular weight is 261 g/mol. The third-order valence-electron chi connectivity index (χ3n) is 2.97. The molecular weight excluding hydrogens is 244 g/mol. The largest absolute Gasteiger partial charge is 0.388 e. The van der Waals surface area contributed by atoms with Crippen LogP contribution >= 0.6 is 11.6 Å². The summed E-state index contributed by atoms with van der Waals surface area (Å²) in [5.74, 6) is 0. The van der Waals surface area contributed by atoms with Crippen LogP contribution < -0.4 is 10.6 Å². The van der Waals surface area contributed by atoms with Gasteiger partial charge in [-0.15, -0.1) is 0 Å². The summed E-state index contributed by atoms with van der Waals surface area (Å²) in [7, 11) is 1.92. The third-order valence-corrected chi connectivity index (χ3v) is 3.38. The topological polar surface area (TPSA) is 24.1 Å². The van der Waals surface area contributed by atoms with Gasteiger partial charge >= 0.3 is 0 Å². The summed E-state index contributed by atoms with van der Waals surface area (Å²) in [6.07, 6.45) is 0. The third kappa shape index (κ3) is 2.96. The molecule has 2 aromatic carbocycles. The number of benzene rings is 2. The molecule has 0 saturated carbocycles. The minimum atomic E-state index is 0.788. The zero-order chi connectivity index (χ0) is 13.0. The van der Waals surface area contributed by atoms with E-state index in [2.05, 4.69) is 22.8 Å². The Morgan fingerprint density at radius 2 is 1.89 bits per heavy atom. The van der Waals surface area contributed by atoms with E-state index in [1.807, 2.05) is 44.3 Å². The van der Waals surface area contributed by atoms with E-state index in [4.69, 9.17) is 11.6 Å². The molecule has 0 atom stereocenters. The van der Waals surface area contributed by atoms with Gasteiger partial charge in [0.05, 0.1) is 0 Å². The summed E-state index contributed by atoms with van der Waals surface area (Å²) < 4.78 is 0. The molecule has 0 saturated heterocycles. The number of anilines is 2. The number of hydrogen-bond acceptors (Lipinski definition) is 2. The molecule has 2 aromatic rings. The van der Waals surface area contributed by atoms with Crippen LogP contribution in [0, 0.1) is 6.92 Å². The van der Waals surface area contributed by atoms with Gasteiger partial charge < -0.3 is 10.6 Å². The Bertz CT molecular complexity index is 538. The maximum atomic E-state index is 6.09. The van der Waals surface area contributed by atoms with Gasteiger partial charge in [0.2, 0.25) is 0 Å². The fourth-order valence-electron chi connectivity index (χ4n) is 1.83. The van der Waals surface area contributed by atoms with Crippen LogP contribution in [0.4, 0.5) is 11.4 Å². The van der Waals surface area contributed by atoms with Crippen molar-refractivity contribution in [2.75, 3.05) is 17.7 Å². The number of nitrogens with one attached hydrogen (secondary N) is 2. The zero-order valence-corrected chi connectivity index (χ0v) is 11.4. The quantitative estimate of drug-likeness (QED) is 0.856. The summed E-state index contributed by atoms with van der Waals surface area (Å²) >= 11 is 6.09. The molecule has 0 aliphatic heterocycles. The second kappa shape index (κ2) is 5.78. The fourth-order valence-corrected chi connectivity index (χ4v) is 2.01. The maximum Gasteiger partial charge on any atom is 0.0455 e. The van der Waals surface area contributed by atoms with Crippen LogP contribution in [0.2, 0.25) is 5.02 Å². The van der Waals surface area contributed by atoms with E-state index in [9.17, 15) is 0 Å². The van der Waals surface area contributed by atoms with Gasteiger partial charge in [0.25, 0.3) is 0 Å². The van der Waals surface area contributed by atoms with Crippen molar-refractivity contribution in [3.63, 3.8) is 0 Å². The van der Waals surface area contributed by atoms with Crippen molar-refractivity contribution in [1.82, 2.24) is 0 Å². The van der Waals surface area contributed by atoms with Crippen LogP contribution in [0.5, 0.6) is 0 Å². The number of halogens is 1. The van der Waals surface area contributed by atoms with Crippen molar-refractivity contribution >= 4 is 23.0 Å². The van der Waals surface area contributed by atoms with Gasteiger partial charge in [-0.2, -0.15) is 0 Å². The van der Waals surface area contributed by atoms with Crippen molar-refractivity contribution in [3.05, 3.63) is 58.6 Å². The molecule has 0 spiro atoms. The predicted octanol–water partition coefficient (Wildman–Crippen LogP) is 4.30. The van der Waals surface area contributed by atoms with E-state index in [1.54, 1.807) is 0 Å². The Balaban J connectivity index is 2.09. The van der Waals surface area contributed by atoms with Gasteiger partial charge in [0, 0.05) is 30.0 Å². The van der Waals surface area contributed by atoms with E-state index in [0.717, 1.165) is 28.5 Å². The van der Waals surface area contributed by atoms with Gasteiger partial charge in [-0.05, 0) is 42.3 Å². The monoisotopic (exact) mass is 260 g/mol. The molecule has 3 heteroatoms. The van der Waals surface area contributed by atoms with E-state index in [-0.39, 0.29) is 0 Å². The minimum absolute atomic E-state index is 0.788. The smallest absolute Gasteiger partial charge is 0.0455 e. The first-order valence-electron chi connectivity index (χ1n) is 5.96. The summed E-state index contributed by atoms with van der Waals surface area (Å²) in [5, 5.41) is 7.34. The van der Waals surface area contributed by atoms with Crippen molar-refractivity contribution in [2.45, 2.75) is 13.5 Å². The lowest BCUT2D eigenvalue weighted by molar-refractivity contribution is 1.14. The molecule has 0 bridgehead atoms. The highest BCUT2D eigenvalue weighted by atomic mass is 35.5. The summed E-state index contributed by atoms with van der Waals surface area (Å²) in [4.78, 5) is 0. The lowest BCUT2D eigenvalue weighted by atomic mass is 10.1. The van der Waals surface area contributed by atoms with E-state index in [1.165, 1.54) is 5.56 Å². The van der Waals surface area contributed by atoms with Crippen LogP contribution in [0.15, 0.2) is 42.5 Å². The van der Waals surface area contributed by atoms with Crippen LogP contribution in [0.1, 0.15) is 11.1 Å².